The van der Waals surface area contributed by atoms with Crippen molar-refractivity contribution in [3.8, 4) is 16.9 Å². The summed E-state index contributed by atoms with van der Waals surface area (Å²) in [4.78, 5) is 12.1. The number of methoxy groups -OCH3 is 1. The summed E-state index contributed by atoms with van der Waals surface area (Å²) in [6.45, 7) is 0.514. The van der Waals surface area contributed by atoms with E-state index in [9.17, 15) is 4.79 Å². The molecule has 116 valence electrons. The highest BCUT2D eigenvalue weighted by atomic mass is 35.5. The third-order valence-corrected chi connectivity index (χ3v) is 3.92. The van der Waals surface area contributed by atoms with Crippen molar-refractivity contribution in [1.29, 1.82) is 0 Å². The first kappa shape index (κ1) is 15.4. The average Bonchev–Trinajstić information content (AvgIpc) is 2.59. The second-order valence-corrected chi connectivity index (χ2v) is 5.68. The lowest BCUT2D eigenvalue weighted by molar-refractivity contribution is 0.415. The summed E-state index contributed by atoms with van der Waals surface area (Å²) in [5.74, 6) is 0.809. The fourth-order valence-corrected chi connectivity index (χ4v) is 2.52. The van der Waals surface area contributed by atoms with E-state index in [0.29, 0.717) is 11.6 Å². The molecule has 0 bridgehead atoms. The van der Waals surface area contributed by atoms with Crippen LogP contribution in [0.1, 0.15) is 5.56 Å². The summed E-state index contributed by atoms with van der Waals surface area (Å²) in [6.07, 6.45) is 1.87. The first-order valence-electron chi connectivity index (χ1n) is 7.25. The van der Waals surface area contributed by atoms with Crippen molar-refractivity contribution in [2.24, 2.45) is 0 Å². The van der Waals surface area contributed by atoms with Crippen LogP contribution in [0.3, 0.4) is 0 Å². The summed E-state index contributed by atoms with van der Waals surface area (Å²) in [5.41, 5.74) is 3.03. The Balaban J connectivity index is 1.91. The summed E-state index contributed by atoms with van der Waals surface area (Å²) < 4.78 is 6.87. The van der Waals surface area contributed by atoms with E-state index in [-0.39, 0.29) is 5.56 Å². The molecule has 0 aliphatic carbocycles. The van der Waals surface area contributed by atoms with E-state index in [1.165, 1.54) is 0 Å². The van der Waals surface area contributed by atoms with Gasteiger partial charge in [-0.3, -0.25) is 4.79 Å². The number of hydrogen-bond donors (Lipinski definition) is 0. The van der Waals surface area contributed by atoms with Crippen LogP contribution in [0.15, 0.2) is 71.7 Å². The average molecular weight is 326 g/mol. The maximum absolute atomic E-state index is 12.1. The normalized spacial score (nSPS) is 10.5. The zero-order chi connectivity index (χ0) is 16.2. The van der Waals surface area contributed by atoms with Gasteiger partial charge in [-0.1, -0.05) is 35.9 Å². The summed E-state index contributed by atoms with van der Waals surface area (Å²) in [7, 11) is 1.64. The third-order valence-electron chi connectivity index (χ3n) is 3.67. The smallest absolute Gasteiger partial charge is 0.250 e. The molecule has 3 nitrogen and oxygen atoms in total. The van der Waals surface area contributed by atoms with Crippen molar-refractivity contribution in [2.75, 3.05) is 7.11 Å². The van der Waals surface area contributed by atoms with Gasteiger partial charge in [-0.25, -0.2) is 0 Å². The van der Waals surface area contributed by atoms with Crippen LogP contribution in [0, 0.1) is 0 Å². The summed E-state index contributed by atoms with van der Waals surface area (Å²) in [6, 6.07) is 18.7. The molecule has 2 aromatic carbocycles. The number of pyridine rings is 1. The third kappa shape index (κ3) is 3.63. The molecule has 0 spiro atoms. The second kappa shape index (κ2) is 6.71. The zero-order valence-electron chi connectivity index (χ0n) is 12.7. The Kier molecular flexibility index (Phi) is 4.49. The maximum Gasteiger partial charge on any atom is 0.250 e. The van der Waals surface area contributed by atoms with Crippen LogP contribution < -0.4 is 10.3 Å². The lowest BCUT2D eigenvalue weighted by Gasteiger charge is -2.09. The van der Waals surface area contributed by atoms with E-state index < -0.39 is 0 Å². The Labute approximate surface area is 139 Å². The minimum atomic E-state index is -0.0304. The number of benzene rings is 2. The number of rotatable bonds is 4. The second-order valence-electron chi connectivity index (χ2n) is 5.24. The van der Waals surface area contributed by atoms with Gasteiger partial charge in [0.05, 0.1) is 13.7 Å². The van der Waals surface area contributed by atoms with Gasteiger partial charge in [-0.05, 0) is 47.0 Å². The molecule has 1 aromatic heterocycles. The molecule has 4 heteroatoms. The van der Waals surface area contributed by atoms with E-state index >= 15 is 0 Å². The van der Waals surface area contributed by atoms with Gasteiger partial charge in [0.25, 0.3) is 5.56 Å². The molecule has 0 N–H and O–H groups in total. The Hall–Kier alpha value is -2.52. The van der Waals surface area contributed by atoms with E-state index in [1.807, 2.05) is 60.8 Å². The SMILES string of the molecule is COc1ccc(-c2ccc(=O)n(Cc3ccc(Cl)cc3)c2)cc1. The fraction of sp³-hybridized carbons (Fsp3) is 0.105. The fourth-order valence-electron chi connectivity index (χ4n) is 2.40. The molecular formula is C19H16ClNO2. The largest absolute Gasteiger partial charge is 0.497 e. The Morgan fingerprint density at radius 3 is 2.22 bits per heavy atom. The van der Waals surface area contributed by atoms with Gasteiger partial charge in [0.2, 0.25) is 0 Å². The Morgan fingerprint density at radius 1 is 0.913 bits per heavy atom. The minimum Gasteiger partial charge on any atom is -0.497 e. The molecular weight excluding hydrogens is 310 g/mol. The van der Waals surface area contributed by atoms with Crippen LogP contribution in [0.25, 0.3) is 11.1 Å². The van der Waals surface area contributed by atoms with Crippen LogP contribution in [0.2, 0.25) is 5.02 Å². The van der Waals surface area contributed by atoms with Gasteiger partial charge in [0, 0.05) is 17.3 Å². The molecule has 0 aliphatic rings. The molecule has 0 amide bonds. The predicted molar refractivity (Wildman–Crippen MR) is 93.2 cm³/mol. The molecule has 0 unspecified atom stereocenters. The highest BCUT2D eigenvalue weighted by Gasteiger charge is 2.03. The number of nitrogens with zero attached hydrogens (tertiary/aromatic N) is 1. The van der Waals surface area contributed by atoms with E-state index in [0.717, 1.165) is 22.4 Å². The van der Waals surface area contributed by atoms with Crippen LogP contribution in [0.5, 0.6) is 5.75 Å². The first-order chi connectivity index (χ1) is 11.2. The first-order valence-corrected chi connectivity index (χ1v) is 7.63. The molecule has 0 fully saturated rings. The number of aromatic nitrogens is 1. The zero-order valence-corrected chi connectivity index (χ0v) is 13.5. The van der Waals surface area contributed by atoms with Crippen molar-refractivity contribution >= 4 is 11.6 Å². The Bertz CT molecular complexity index is 852. The van der Waals surface area contributed by atoms with E-state index in [4.69, 9.17) is 16.3 Å². The molecule has 3 aromatic rings. The number of ether oxygens (including phenoxy) is 1. The standard InChI is InChI=1S/C19H16ClNO2/c1-23-18-9-4-15(5-10-18)16-6-11-19(22)21(13-16)12-14-2-7-17(20)8-3-14/h2-11,13H,12H2,1H3. The van der Waals surface area contributed by atoms with Gasteiger partial charge in [0.1, 0.15) is 5.75 Å². The lowest BCUT2D eigenvalue weighted by Crippen LogP contribution is -2.19. The van der Waals surface area contributed by atoms with Crippen LogP contribution in [-0.2, 0) is 6.54 Å². The summed E-state index contributed by atoms with van der Waals surface area (Å²) >= 11 is 5.90. The highest BCUT2D eigenvalue weighted by Crippen LogP contribution is 2.21. The molecule has 23 heavy (non-hydrogen) atoms. The van der Waals surface area contributed by atoms with Crippen LogP contribution in [0.4, 0.5) is 0 Å². The number of halogens is 1. The van der Waals surface area contributed by atoms with Crippen LogP contribution in [-0.4, -0.2) is 11.7 Å². The molecule has 0 aliphatic heterocycles. The van der Waals surface area contributed by atoms with Crippen molar-refractivity contribution in [1.82, 2.24) is 4.57 Å². The molecule has 0 radical (unpaired) electrons. The van der Waals surface area contributed by atoms with Gasteiger partial charge in [0.15, 0.2) is 0 Å². The predicted octanol–water partition coefficient (Wildman–Crippen LogP) is 4.23. The topological polar surface area (TPSA) is 31.2 Å². The molecule has 1 heterocycles. The molecule has 0 saturated carbocycles. The number of hydrogen-bond acceptors (Lipinski definition) is 2. The van der Waals surface area contributed by atoms with Gasteiger partial charge in [-0.2, -0.15) is 0 Å². The van der Waals surface area contributed by atoms with Gasteiger partial charge < -0.3 is 9.30 Å². The van der Waals surface area contributed by atoms with Crippen molar-refractivity contribution in [2.45, 2.75) is 6.54 Å². The van der Waals surface area contributed by atoms with Crippen molar-refractivity contribution < 1.29 is 4.74 Å². The molecule has 0 saturated heterocycles. The van der Waals surface area contributed by atoms with Gasteiger partial charge >= 0.3 is 0 Å². The monoisotopic (exact) mass is 325 g/mol. The molecule has 0 atom stereocenters. The Morgan fingerprint density at radius 2 is 1.57 bits per heavy atom. The van der Waals surface area contributed by atoms with Gasteiger partial charge in [-0.15, -0.1) is 0 Å². The summed E-state index contributed by atoms with van der Waals surface area (Å²) in [5, 5.41) is 0.688. The van der Waals surface area contributed by atoms with Crippen molar-refractivity contribution in [3.63, 3.8) is 0 Å². The molecule has 3 rings (SSSR count). The van der Waals surface area contributed by atoms with Crippen LogP contribution >= 0.6 is 11.6 Å². The van der Waals surface area contributed by atoms with E-state index in [2.05, 4.69) is 0 Å². The lowest BCUT2D eigenvalue weighted by atomic mass is 10.1. The minimum absolute atomic E-state index is 0.0304. The highest BCUT2D eigenvalue weighted by molar-refractivity contribution is 6.30. The van der Waals surface area contributed by atoms with E-state index in [1.54, 1.807) is 17.7 Å². The maximum atomic E-state index is 12.1. The van der Waals surface area contributed by atoms with Crippen molar-refractivity contribution in [3.05, 3.63) is 87.8 Å². The quantitative estimate of drug-likeness (QED) is 0.719.